The summed E-state index contributed by atoms with van der Waals surface area (Å²) in [5.41, 5.74) is 3.69. The van der Waals surface area contributed by atoms with Crippen molar-refractivity contribution >= 4 is 28.6 Å². The number of pyridine rings is 1. The zero-order valence-corrected chi connectivity index (χ0v) is 12.4. The largest absolute Gasteiger partial charge is 0.363 e. The Morgan fingerprint density at radius 2 is 1.90 bits per heavy atom. The van der Waals surface area contributed by atoms with Crippen LogP contribution in [0.3, 0.4) is 0 Å². The van der Waals surface area contributed by atoms with Gasteiger partial charge in [-0.2, -0.15) is 0 Å². The van der Waals surface area contributed by atoms with Crippen molar-refractivity contribution in [1.29, 1.82) is 0 Å². The third-order valence-electron chi connectivity index (χ3n) is 3.22. The summed E-state index contributed by atoms with van der Waals surface area (Å²) in [6, 6.07) is 9.83. The van der Waals surface area contributed by atoms with E-state index in [9.17, 15) is 0 Å². The van der Waals surface area contributed by atoms with Crippen LogP contribution in [0.2, 0.25) is 5.02 Å². The number of H-pyrrole nitrogens is 1. The van der Waals surface area contributed by atoms with Crippen molar-refractivity contribution in [2.45, 2.75) is 6.92 Å². The molecule has 20 heavy (non-hydrogen) atoms. The van der Waals surface area contributed by atoms with Gasteiger partial charge in [-0.05, 0) is 42.8 Å². The van der Waals surface area contributed by atoms with Crippen molar-refractivity contribution in [3.63, 3.8) is 0 Å². The molecule has 3 aromatic rings. The highest BCUT2D eigenvalue weighted by molar-refractivity contribution is 6.31. The fourth-order valence-corrected chi connectivity index (χ4v) is 2.18. The van der Waals surface area contributed by atoms with Gasteiger partial charge in [-0.3, -0.25) is 0 Å². The number of benzene rings is 1. The smallest absolute Gasteiger partial charge is 0.180 e. The van der Waals surface area contributed by atoms with E-state index in [1.807, 2.05) is 56.3 Å². The number of aromatic nitrogens is 3. The first-order valence-corrected chi connectivity index (χ1v) is 6.73. The molecule has 0 saturated carbocycles. The maximum absolute atomic E-state index is 6.05. The van der Waals surface area contributed by atoms with Gasteiger partial charge in [0.1, 0.15) is 11.6 Å². The van der Waals surface area contributed by atoms with Gasteiger partial charge in [0.2, 0.25) is 0 Å². The van der Waals surface area contributed by atoms with E-state index in [4.69, 9.17) is 11.6 Å². The second kappa shape index (κ2) is 4.80. The Labute approximate surface area is 122 Å². The highest BCUT2D eigenvalue weighted by Crippen LogP contribution is 2.25. The summed E-state index contributed by atoms with van der Waals surface area (Å²) >= 11 is 6.05. The number of aryl methyl sites for hydroxylation is 1. The van der Waals surface area contributed by atoms with Crippen LogP contribution in [0, 0.1) is 6.92 Å². The van der Waals surface area contributed by atoms with E-state index in [1.54, 1.807) is 0 Å². The molecular formula is C15H15ClN4. The lowest BCUT2D eigenvalue weighted by molar-refractivity contribution is 1.08. The number of fused-ring (bicyclic) bond motifs is 1. The van der Waals surface area contributed by atoms with Crippen LogP contribution >= 0.6 is 11.6 Å². The van der Waals surface area contributed by atoms with Gasteiger partial charge < -0.3 is 9.88 Å². The van der Waals surface area contributed by atoms with E-state index in [2.05, 4.69) is 15.0 Å². The Balaban J connectivity index is 2.10. The third-order valence-corrected chi connectivity index (χ3v) is 3.64. The number of imidazole rings is 1. The quantitative estimate of drug-likeness (QED) is 0.782. The molecule has 0 saturated heterocycles. The number of anilines is 1. The second-order valence-corrected chi connectivity index (χ2v) is 5.39. The molecule has 0 bridgehead atoms. The number of hydrogen-bond acceptors (Lipinski definition) is 3. The number of nitrogens with one attached hydrogen (secondary N) is 1. The topological polar surface area (TPSA) is 44.8 Å². The molecule has 0 aliphatic rings. The van der Waals surface area contributed by atoms with E-state index < -0.39 is 0 Å². The number of rotatable bonds is 2. The van der Waals surface area contributed by atoms with Crippen LogP contribution in [0.25, 0.3) is 22.6 Å². The maximum Gasteiger partial charge on any atom is 0.180 e. The molecular weight excluding hydrogens is 272 g/mol. The van der Waals surface area contributed by atoms with Crippen molar-refractivity contribution in [3.05, 3.63) is 40.9 Å². The normalized spacial score (nSPS) is 11.0. The fraction of sp³-hybridized carbons (Fsp3) is 0.200. The van der Waals surface area contributed by atoms with E-state index in [0.717, 1.165) is 39.0 Å². The molecule has 0 fully saturated rings. The Morgan fingerprint density at radius 1 is 1.10 bits per heavy atom. The average Bonchev–Trinajstić information content (AvgIpc) is 2.84. The Hall–Kier alpha value is -2.07. The van der Waals surface area contributed by atoms with Crippen LogP contribution in [0.15, 0.2) is 30.3 Å². The molecule has 2 aromatic heterocycles. The lowest BCUT2D eigenvalue weighted by atomic mass is 10.1. The van der Waals surface area contributed by atoms with Crippen LogP contribution in [-0.4, -0.2) is 29.0 Å². The SMILES string of the molecule is Cc1cc(-c2nc3nc(N(C)C)ccc3[nH]2)ccc1Cl. The molecule has 4 nitrogen and oxygen atoms in total. The molecule has 0 unspecified atom stereocenters. The Morgan fingerprint density at radius 3 is 2.60 bits per heavy atom. The number of aromatic amines is 1. The fourth-order valence-electron chi connectivity index (χ4n) is 2.06. The Bertz CT molecular complexity index is 777. The molecule has 0 amide bonds. The van der Waals surface area contributed by atoms with Gasteiger partial charge in [-0.25, -0.2) is 9.97 Å². The number of nitrogens with zero attached hydrogens (tertiary/aromatic N) is 3. The zero-order valence-electron chi connectivity index (χ0n) is 11.6. The maximum atomic E-state index is 6.05. The monoisotopic (exact) mass is 286 g/mol. The highest BCUT2D eigenvalue weighted by Gasteiger charge is 2.09. The summed E-state index contributed by atoms with van der Waals surface area (Å²) in [5.74, 6) is 1.70. The summed E-state index contributed by atoms with van der Waals surface area (Å²) in [6.07, 6.45) is 0. The van der Waals surface area contributed by atoms with Crippen LogP contribution in [0.5, 0.6) is 0 Å². The minimum Gasteiger partial charge on any atom is -0.363 e. The van der Waals surface area contributed by atoms with Gasteiger partial charge >= 0.3 is 0 Å². The molecule has 2 heterocycles. The van der Waals surface area contributed by atoms with E-state index in [0.29, 0.717) is 0 Å². The molecule has 1 aromatic carbocycles. The second-order valence-electron chi connectivity index (χ2n) is 4.98. The molecule has 0 spiro atoms. The number of halogens is 1. The van der Waals surface area contributed by atoms with Gasteiger partial charge in [0.15, 0.2) is 5.65 Å². The minimum absolute atomic E-state index is 0.721. The average molecular weight is 287 g/mol. The third kappa shape index (κ3) is 2.23. The lowest BCUT2D eigenvalue weighted by Crippen LogP contribution is -2.10. The predicted octanol–water partition coefficient (Wildman–Crippen LogP) is 3.65. The summed E-state index contributed by atoms with van der Waals surface area (Å²) in [4.78, 5) is 14.3. The van der Waals surface area contributed by atoms with Crippen molar-refractivity contribution < 1.29 is 0 Å². The summed E-state index contributed by atoms with van der Waals surface area (Å²) in [6.45, 7) is 1.98. The predicted molar refractivity (Wildman–Crippen MR) is 83.4 cm³/mol. The minimum atomic E-state index is 0.721. The molecule has 102 valence electrons. The first-order chi connectivity index (χ1) is 9.54. The molecule has 0 aliphatic carbocycles. The van der Waals surface area contributed by atoms with Gasteiger partial charge in [0.05, 0.1) is 5.52 Å². The van der Waals surface area contributed by atoms with Crippen molar-refractivity contribution in [1.82, 2.24) is 15.0 Å². The van der Waals surface area contributed by atoms with Gasteiger partial charge in [0, 0.05) is 24.7 Å². The molecule has 5 heteroatoms. The van der Waals surface area contributed by atoms with Gasteiger partial charge in [0.25, 0.3) is 0 Å². The van der Waals surface area contributed by atoms with Crippen LogP contribution < -0.4 is 4.90 Å². The van der Waals surface area contributed by atoms with E-state index in [-0.39, 0.29) is 0 Å². The van der Waals surface area contributed by atoms with Gasteiger partial charge in [-0.1, -0.05) is 11.6 Å². The zero-order chi connectivity index (χ0) is 14.3. The first kappa shape index (κ1) is 12.9. The first-order valence-electron chi connectivity index (χ1n) is 6.35. The standard InChI is InChI=1S/C15H15ClN4/c1-9-8-10(4-5-11(9)16)14-17-12-6-7-13(20(2)3)18-15(12)19-14/h4-8H,1-3H3,(H,17,18,19). The highest BCUT2D eigenvalue weighted by atomic mass is 35.5. The molecule has 1 N–H and O–H groups in total. The summed E-state index contributed by atoms with van der Waals surface area (Å²) in [7, 11) is 3.93. The summed E-state index contributed by atoms with van der Waals surface area (Å²) in [5, 5.41) is 0.762. The van der Waals surface area contributed by atoms with E-state index in [1.165, 1.54) is 0 Å². The number of hydrogen-bond donors (Lipinski definition) is 1. The lowest BCUT2D eigenvalue weighted by Gasteiger charge is -2.09. The van der Waals surface area contributed by atoms with E-state index >= 15 is 0 Å². The van der Waals surface area contributed by atoms with Gasteiger partial charge in [-0.15, -0.1) is 0 Å². The van der Waals surface area contributed by atoms with Crippen molar-refractivity contribution in [3.8, 4) is 11.4 Å². The molecule has 0 atom stereocenters. The molecule has 0 aliphatic heterocycles. The van der Waals surface area contributed by atoms with Crippen LogP contribution in [0.1, 0.15) is 5.56 Å². The van der Waals surface area contributed by atoms with Crippen LogP contribution in [0.4, 0.5) is 5.82 Å². The van der Waals surface area contributed by atoms with Crippen molar-refractivity contribution in [2.75, 3.05) is 19.0 Å². The van der Waals surface area contributed by atoms with Crippen molar-refractivity contribution in [2.24, 2.45) is 0 Å². The Kier molecular flexibility index (Phi) is 3.10. The molecule has 0 radical (unpaired) electrons. The summed E-state index contributed by atoms with van der Waals surface area (Å²) < 4.78 is 0. The van der Waals surface area contributed by atoms with Crippen LogP contribution in [-0.2, 0) is 0 Å². The molecule has 3 rings (SSSR count).